The van der Waals surface area contributed by atoms with Gasteiger partial charge >= 0.3 is 5.97 Å². The molecule has 0 aromatic carbocycles. The molecule has 4 nitrogen and oxygen atoms in total. The van der Waals surface area contributed by atoms with E-state index in [0.717, 1.165) is 0 Å². The molecule has 0 aliphatic rings. The number of carbonyl (C=O) groups is 1. The summed E-state index contributed by atoms with van der Waals surface area (Å²) in [5, 5.41) is 3.84. The fourth-order valence-electron chi connectivity index (χ4n) is 0.741. The highest BCUT2D eigenvalue weighted by molar-refractivity contribution is 7.07. The minimum absolute atomic E-state index is 0. The van der Waals surface area contributed by atoms with Gasteiger partial charge in [-0.15, -0.1) is 11.3 Å². The van der Waals surface area contributed by atoms with Crippen molar-refractivity contribution in [2.24, 2.45) is 0 Å². The number of hydrogen-bond donors (Lipinski definition) is 0. The molecule has 0 spiro atoms. The second-order valence-corrected chi connectivity index (χ2v) is 3.96. The Labute approximate surface area is 112 Å². The Morgan fingerprint density at radius 1 is 1.44 bits per heavy atom. The summed E-state index contributed by atoms with van der Waals surface area (Å²) < 4.78 is 6.24. The number of aromatic nitrogens is 2. The van der Waals surface area contributed by atoms with Crippen molar-refractivity contribution in [3.63, 3.8) is 0 Å². The molecular weight excluding hydrogens is 312 g/mol. The molecule has 7 heteroatoms. The molecule has 2 aromatic heterocycles. The summed E-state index contributed by atoms with van der Waals surface area (Å²) in [6.45, 7) is 0.306. The van der Waals surface area contributed by atoms with E-state index >= 15 is 0 Å². The van der Waals surface area contributed by atoms with Gasteiger partial charge in [0, 0.05) is 11.6 Å². The van der Waals surface area contributed by atoms with Crippen LogP contribution in [0.3, 0.4) is 0 Å². The molecule has 0 aliphatic carbocycles. The minimum atomic E-state index is -0.219. The lowest BCUT2D eigenvalue weighted by Crippen LogP contribution is -3.00. The maximum Gasteiger partial charge on any atom is 0.372 e. The normalized spacial score (nSPS) is 8.31. The molecule has 16 heavy (non-hydrogen) atoms. The molecule has 0 N–H and O–H groups in total. The van der Waals surface area contributed by atoms with Gasteiger partial charge in [0.15, 0.2) is 6.20 Å². The first-order valence-electron chi connectivity index (χ1n) is 4.13. The predicted octanol–water partition coefficient (Wildman–Crippen LogP) is -1.64. The molecule has 0 radical (unpaired) electrons. The van der Waals surface area contributed by atoms with Gasteiger partial charge in [-0.25, -0.2) is 4.79 Å². The Hall–Kier alpha value is -0.790. The molecule has 0 amide bonds. The van der Waals surface area contributed by atoms with Crippen LogP contribution < -0.4 is 21.5 Å². The van der Waals surface area contributed by atoms with E-state index in [1.807, 2.05) is 22.5 Å². The fraction of sp³-hybridized carbons (Fsp3) is 0.222. The third-order valence-electron chi connectivity index (χ3n) is 1.41. The maximum absolute atomic E-state index is 10.6. The van der Waals surface area contributed by atoms with Crippen LogP contribution >= 0.6 is 22.7 Å². The standard InChI is InChI=1S/C6H8NO2S.C3H3NS.BrH/c1-9-6(8)4-7-2-3-10-5-7;1-2-5-3-4-1;/h2-3,5H,4H2,1H3;1-3H;1H/q+1;;/p-1. The van der Waals surface area contributed by atoms with Gasteiger partial charge in [0.05, 0.1) is 18.0 Å². The first-order chi connectivity index (χ1) is 7.33. The van der Waals surface area contributed by atoms with Gasteiger partial charge < -0.3 is 21.7 Å². The molecule has 0 saturated heterocycles. The Morgan fingerprint density at radius 2 is 2.25 bits per heavy atom. The highest BCUT2D eigenvalue weighted by Gasteiger charge is 2.07. The molecule has 2 heterocycles. The van der Waals surface area contributed by atoms with E-state index in [-0.39, 0.29) is 23.0 Å². The number of halogens is 1. The smallest absolute Gasteiger partial charge is 0.372 e. The predicted molar refractivity (Wildman–Crippen MR) is 58.6 cm³/mol. The molecule has 2 rings (SSSR count). The van der Waals surface area contributed by atoms with E-state index in [4.69, 9.17) is 0 Å². The molecule has 0 unspecified atom stereocenters. The quantitative estimate of drug-likeness (QED) is 0.492. The number of ether oxygens (including phenoxy) is 1. The average molecular weight is 323 g/mol. The Kier molecular flexibility index (Phi) is 8.97. The van der Waals surface area contributed by atoms with Crippen molar-refractivity contribution in [1.29, 1.82) is 0 Å². The topological polar surface area (TPSA) is 43.1 Å². The van der Waals surface area contributed by atoms with Crippen LogP contribution in [0.5, 0.6) is 0 Å². The van der Waals surface area contributed by atoms with Crippen molar-refractivity contribution in [2.75, 3.05) is 7.11 Å². The molecule has 0 bridgehead atoms. The molecule has 0 atom stereocenters. The summed E-state index contributed by atoms with van der Waals surface area (Å²) in [6.07, 6.45) is 3.60. The van der Waals surface area contributed by atoms with E-state index in [2.05, 4.69) is 9.72 Å². The number of rotatable bonds is 2. The molecule has 0 aliphatic heterocycles. The minimum Gasteiger partial charge on any atom is -1.00 e. The Balaban J connectivity index is 0.000000318. The number of methoxy groups -OCH3 is 1. The average Bonchev–Trinajstić information content (AvgIpc) is 2.92. The number of hydrogen-bond acceptors (Lipinski definition) is 5. The third-order valence-corrected chi connectivity index (χ3v) is 2.61. The van der Waals surface area contributed by atoms with E-state index < -0.39 is 0 Å². The van der Waals surface area contributed by atoms with Gasteiger partial charge in [-0.05, 0) is 0 Å². The zero-order valence-corrected chi connectivity index (χ0v) is 11.8. The van der Waals surface area contributed by atoms with Crippen molar-refractivity contribution in [1.82, 2.24) is 4.98 Å². The highest BCUT2D eigenvalue weighted by Crippen LogP contribution is 1.87. The molecule has 0 saturated carbocycles. The second kappa shape index (κ2) is 9.44. The number of nitrogens with zero attached hydrogens (tertiary/aromatic N) is 2. The number of thiazole rings is 2. The SMILES string of the molecule is COC(=O)C[n+]1ccsc1.[Br-].c1cscn1. The van der Waals surface area contributed by atoms with E-state index in [1.54, 1.807) is 38.9 Å². The molecule has 88 valence electrons. The van der Waals surface area contributed by atoms with Gasteiger partial charge in [-0.3, -0.25) is 4.98 Å². The first kappa shape index (κ1) is 15.2. The van der Waals surface area contributed by atoms with E-state index in [0.29, 0.717) is 6.54 Å². The summed E-state index contributed by atoms with van der Waals surface area (Å²) in [5.74, 6) is -0.219. The first-order valence-corrected chi connectivity index (χ1v) is 6.01. The number of esters is 1. The lowest BCUT2D eigenvalue weighted by atomic mass is 10.6. The van der Waals surface area contributed by atoms with Gasteiger partial charge in [-0.2, -0.15) is 4.57 Å². The van der Waals surface area contributed by atoms with Crippen molar-refractivity contribution >= 4 is 28.6 Å². The second-order valence-electron chi connectivity index (χ2n) is 2.45. The van der Waals surface area contributed by atoms with Crippen molar-refractivity contribution in [3.8, 4) is 0 Å². The fourth-order valence-corrected chi connectivity index (χ4v) is 1.69. The van der Waals surface area contributed by atoms with Gasteiger partial charge in [0.25, 0.3) is 0 Å². The van der Waals surface area contributed by atoms with Crippen molar-refractivity contribution in [2.45, 2.75) is 6.54 Å². The summed E-state index contributed by atoms with van der Waals surface area (Å²) >= 11 is 3.15. The lowest BCUT2D eigenvalue weighted by molar-refractivity contribution is -0.681. The van der Waals surface area contributed by atoms with Gasteiger partial charge in [0.2, 0.25) is 12.1 Å². The zero-order chi connectivity index (χ0) is 10.9. The largest absolute Gasteiger partial charge is 1.00 e. The molecule has 0 fully saturated rings. The van der Waals surface area contributed by atoms with Crippen LogP contribution in [0.4, 0.5) is 0 Å². The Morgan fingerprint density at radius 3 is 2.62 bits per heavy atom. The van der Waals surface area contributed by atoms with Crippen molar-refractivity contribution < 1.29 is 31.1 Å². The summed E-state index contributed by atoms with van der Waals surface area (Å²) in [4.78, 5) is 14.4. The van der Waals surface area contributed by atoms with E-state index in [1.165, 1.54) is 7.11 Å². The maximum atomic E-state index is 10.6. The third kappa shape index (κ3) is 6.65. The van der Waals surface area contributed by atoms with Crippen LogP contribution in [0.2, 0.25) is 0 Å². The van der Waals surface area contributed by atoms with Crippen LogP contribution in [0.25, 0.3) is 0 Å². The summed E-state index contributed by atoms with van der Waals surface area (Å²) in [6, 6.07) is 0. The Bertz CT molecular complexity index is 348. The molecule has 2 aromatic rings. The number of carbonyl (C=O) groups excluding carboxylic acids is 1. The van der Waals surface area contributed by atoms with Crippen molar-refractivity contribution in [3.05, 3.63) is 34.2 Å². The van der Waals surface area contributed by atoms with Crippen LogP contribution in [-0.2, 0) is 16.1 Å². The van der Waals surface area contributed by atoms with Crippen LogP contribution in [0.15, 0.2) is 34.2 Å². The van der Waals surface area contributed by atoms with Crippen LogP contribution in [0, 0.1) is 0 Å². The highest BCUT2D eigenvalue weighted by atomic mass is 79.9. The summed E-state index contributed by atoms with van der Waals surface area (Å²) in [7, 11) is 1.38. The lowest BCUT2D eigenvalue weighted by Gasteiger charge is -1.89. The zero-order valence-electron chi connectivity index (χ0n) is 8.58. The monoisotopic (exact) mass is 322 g/mol. The molecular formula is C9H11BrN2O2S2. The van der Waals surface area contributed by atoms with Gasteiger partial charge in [0.1, 0.15) is 0 Å². The van der Waals surface area contributed by atoms with Gasteiger partial charge in [-0.1, -0.05) is 11.3 Å². The van der Waals surface area contributed by atoms with E-state index in [9.17, 15) is 4.79 Å². The van der Waals surface area contributed by atoms with Crippen LogP contribution in [-0.4, -0.2) is 18.1 Å². The summed E-state index contributed by atoms with van der Waals surface area (Å²) in [5.41, 5.74) is 3.65. The van der Waals surface area contributed by atoms with Crippen LogP contribution in [0.1, 0.15) is 0 Å².